The van der Waals surface area contributed by atoms with Crippen molar-refractivity contribution in [1.29, 1.82) is 0 Å². The minimum atomic E-state index is -0.190. The quantitative estimate of drug-likeness (QED) is 0.739. The van der Waals surface area contributed by atoms with Gasteiger partial charge in [0.05, 0.1) is 5.69 Å². The Morgan fingerprint density at radius 1 is 1.48 bits per heavy atom. The number of benzene rings is 1. The monoisotopic (exact) mass is 366 g/mol. The van der Waals surface area contributed by atoms with Crippen LogP contribution < -0.4 is 11.1 Å². The molecule has 3 aromatic rings. The molecule has 0 aliphatic carbocycles. The van der Waals surface area contributed by atoms with Gasteiger partial charge in [-0.1, -0.05) is 21.1 Å². The van der Waals surface area contributed by atoms with Gasteiger partial charge in [0, 0.05) is 27.5 Å². The highest BCUT2D eigenvalue weighted by Gasteiger charge is 2.16. The fraction of sp³-hybridized carbons (Fsp3) is 0.154. The van der Waals surface area contributed by atoms with E-state index in [2.05, 4.69) is 31.4 Å². The van der Waals surface area contributed by atoms with Crippen LogP contribution in [0.15, 0.2) is 33.5 Å². The molecule has 0 saturated carbocycles. The minimum Gasteiger partial charge on any atom is -0.397 e. The van der Waals surface area contributed by atoms with Crippen LogP contribution in [-0.4, -0.2) is 22.6 Å². The van der Waals surface area contributed by atoms with Crippen molar-refractivity contribution in [3.8, 4) is 0 Å². The Morgan fingerprint density at radius 3 is 3.10 bits per heavy atom. The van der Waals surface area contributed by atoms with Crippen LogP contribution in [0, 0.1) is 0 Å². The van der Waals surface area contributed by atoms with E-state index in [1.54, 1.807) is 0 Å². The maximum Gasteiger partial charge on any atom is 0.263 e. The molecule has 0 aliphatic heterocycles. The Labute approximate surface area is 132 Å². The van der Waals surface area contributed by atoms with E-state index in [0.29, 0.717) is 29.4 Å². The molecular formula is C13H11BrN4O2S. The molecule has 1 aromatic carbocycles. The summed E-state index contributed by atoms with van der Waals surface area (Å²) in [5.74, 6) is 0.299. The second-order valence-electron chi connectivity index (χ2n) is 4.33. The molecule has 108 valence electrons. The van der Waals surface area contributed by atoms with Gasteiger partial charge in [-0.05, 0) is 18.2 Å². The van der Waals surface area contributed by atoms with Crippen molar-refractivity contribution >= 4 is 48.9 Å². The van der Waals surface area contributed by atoms with E-state index in [4.69, 9.17) is 10.3 Å². The Hall–Kier alpha value is -1.93. The number of nitrogen functional groups attached to an aromatic ring is 1. The molecule has 0 radical (unpaired) electrons. The molecule has 3 rings (SSSR count). The van der Waals surface area contributed by atoms with E-state index in [9.17, 15) is 4.79 Å². The number of nitrogens with zero attached hydrogens (tertiary/aromatic N) is 2. The lowest BCUT2D eigenvalue weighted by molar-refractivity contribution is 0.0958. The Bertz CT molecular complexity index is 785. The average molecular weight is 367 g/mol. The van der Waals surface area contributed by atoms with E-state index < -0.39 is 0 Å². The second-order valence-corrected chi connectivity index (χ2v) is 6.29. The van der Waals surface area contributed by atoms with Crippen LogP contribution in [0.5, 0.6) is 0 Å². The van der Waals surface area contributed by atoms with Crippen LogP contribution in [0.25, 0.3) is 10.1 Å². The van der Waals surface area contributed by atoms with Gasteiger partial charge in [-0.3, -0.25) is 4.79 Å². The van der Waals surface area contributed by atoms with Crippen molar-refractivity contribution in [2.24, 2.45) is 0 Å². The van der Waals surface area contributed by atoms with Crippen molar-refractivity contribution < 1.29 is 9.32 Å². The first-order chi connectivity index (χ1) is 10.1. The van der Waals surface area contributed by atoms with Crippen molar-refractivity contribution in [2.75, 3.05) is 12.3 Å². The Kier molecular flexibility index (Phi) is 3.89. The van der Waals surface area contributed by atoms with Gasteiger partial charge in [0.2, 0.25) is 5.89 Å². The zero-order chi connectivity index (χ0) is 14.8. The van der Waals surface area contributed by atoms with Crippen molar-refractivity contribution in [3.05, 3.63) is 39.8 Å². The summed E-state index contributed by atoms with van der Waals surface area (Å²) in [7, 11) is 0. The standard InChI is InChI=1S/C13H11BrN4O2S/c14-7-1-2-9-8(5-7)11(15)12(21-9)13(19)16-4-3-10-17-6-18-20-10/h1-2,5-6H,3-4,15H2,(H,16,19). The van der Waals surface area contributed by atoms with Crippen LogP contribution in [0.3, 0.4) is 0 Å². The van der Waals surface area contributed by atoms with Gasteiger partial charge in [-0.25, -0.2) is 0 Å². The van der Waals surface area contributed by atoms with Gasteiger partial charge >= 0.3 is 0 Å². The summed E-state index contributed by atoms with van der Waals surface area (Å²) in [6, 6.07) is 5.78. The van der Waals surface area contributed by atoms with Gasteiger partial charge in [0.25, 0.3) is 5.91 Å². The van der Waals surface area contributed by atoms with Gasteiger partial charge in [0.1, 0.15) is 4.88 Å². The third-order valence-electron chi connectivity index (χ3n) is 2.93. The number of hydrogen-bond acceptors (Lipinski definition) is 6. The van der Waals surface area contributed by atoms with E-state index in [1.807, 2.05) is 18.2 Å². The number of nitrogens with two attached hydrogens (primary N) is 1. The molecule has 3 N–H and O–H groups in total. The molecule has 0 unspecified atom stereocenters. The molecule has 21 heavy (non-hydrogen) atoms. The van der Waals surface area contributed by atoms with E-state index in [-0.39, 0.29) is 5.91 Å². The first kappa shape index (κ1) is 14.0. The lowest BCUT2D eigenvalue weighted by atomic mass is 10.2. The fourth-order valence-corrected chi connectivity index (χ4v) is 3.31. The maximum atomic E-state index is 12.2. The van der Waals surface area contributed by atoms with Crippen molar-refractivity contribution in [2.45, 2.75) is 6.42 Å². The summed E-state index contributed by atoms with van der Waals surface area (Å²) >= 11 is 4.78. The van der Waals surface area contributed by atoms with E-state index in [0.717, 1.165) is 14.6 Å². The Morgan fingerprint density at radius 2 is 2.33 bits per heavy atom. The highest BCUT2D eigenvalue weighted by atomic mass is 79.9. The number of aromatic nitrogens is 2. The highest BCUT2D eigenvalue weighted by Crippen LogP contribution is 2.35. The summed E-state index contributed by atoms with van der Waals surface area (Å²) in [5.41, 5.74) is 6.57. The first-order valence-electron chi connectivity index (χ1n) is 6.16. The molecule has 0 atom stereocenters. The average Bonchev–Trinajstić information content (AvgIpc) is 3.08. The number of carbonyl (C=O) groups is 1. The number of fused-ring (bicyclic) bond motifs is 1. The predicted molar refractivity (Wildman–Crippen MR) is 84.3 cm³/mol. The molecule has 0 saturated heterocycles. The molecule has 0 spiro atoms. The molecule has 0 fully saturated rings. The van der Waals surface area contributed by atoms with Crippen LogP contribution >= 0.6 is 27.3 Å². The zero-order valence-corrected chi connectivity index (χ0v) is 13.2. The minimum absolute atomic E-state index is 0.190. The van der Waals surface area contributed by atoms with E-state index in [1.165, 1.54) is 17.7 Å². The van der Waals surface area contributed by atoms with Crippen LogP contribution in [-0.2, 0) is 6.42 Å². The first-order valence-corrected chi connectivity index (χ1v) is 7.77. The molecule has 2 heterocycles. The number of hydrogen-bond donors (Lipinski definition) is 2. The smallest absolute Gasteiger partial charge is 0.263 e. The number of nitrogens with one attached hydrogen (secondary N) is 1. The number of rotatable bonds is 4. The lowest BCUT2D eigenvalue weighted by Crippen LogP contribution is -2.25. The molecular weight excluding hydrogens is 356 g/mol. The summed E-state index contributed by atoms with van der Waals surface area (Å²) < 4.78 is 6.78. The van der Waals surface area contributed by atoms with Gasteiger partial charge in [-0.2, -0.15) is 4.98 Å². The SMILES string of the molecule is Nc1c(C(=O)NCCc2ncno2)sc2ccc(Br)cc12. The van der Waals surface area contributed by atoms with Crippen LogP contribution in [0.4, 0.5) is 5.69 Å². The molecule has 0 bridgehead atoms. The topological polar surface area (TPSA) is 94.0 Å². The summed E-state index contributed by atoms with van der Waals surface area (Å²) in [6.07, 6.45) is 1.82. The summed E-state index contributed by atoms with van der Waals surface area (Å²) in [6.45, 7) is 0.415. The normalized spacial score (nSPS) is 10.9. The number of thiophene rings is 1. The van der Waals surface area contributed by atoms with Crippen molar-refractivity contribution in [3.63, 3.8) is 0 Å². The number of halogens is 1. The second kappa shape index (κ2) is 5.82. The zero-order valence-electron chi connectivity index (χ0n) is 10.8. The Balaban J connectivity index is 1.73. The number of carbonyl (C=O) groups excluding carboxylic acids is 1. The third kappa shape index (κ3) is 2.91. The molecule has 6 nitrogen and oxygen atoms in total. The summed E-state index contributed by atoms with van der Waals surface area (Å²) in [4.78, 5) is 16.6. The maximum absolute atomic E-state index is 12.2. The van der Waals surface area contributed by atoms with Gasteiger partial charge in [0.15, 0.2) is 6.33 Å². The molecule has 0 aliphatic rings. The van der Waals surface area contributed by atoms with Crippen LogP contribution in [0.1, 0.15) is 15.6 Å². The van der Waals surface area contributed by atoms with Crippen molar-refractivity contribution in [1.82, 2.24) is 15.5 Å². The number of amides is 1. The third-order valence-corrected chi connectivity index (χ3v) is 4.60. The predicted octanol–water partition coefficient (Wildman–Crippen LogP) is 2.60. The molecule has 2 aromatic heterocycles. The fourth-order valence-electron chi connectivity index (χ4n) is 1.93. The molecule has 1 amide bonds. The highest BCUT2D eigenvalue weighted by molar-refractivity contribution is 9.10. The van der Waals surface area contributed by atoms with Crippen LogP contribution in [0.2, 0.25) is 0 Å². The largest absolute Gasteiger partial charge is 0.397 e. The van der Waals surface area contributed by atoms with Gasteiger partial charge < -0.3 is 15.6 Å². The lowest BCUT2D eigenvalue weighted by Gasteiger charge is -2.02. The summed E-state index contributed by atoms with van der Waals surface area (Å²) in [5, 5.41) is 7.20. The van der Waals surface area contributed by atoms with Gasteiger partial charge in [-0.15, -0.1) is 11.3 Å². The van der Waals surface area contributed by atoms with E-state index >= 15 is 0 Å². The molecule has 8 heteroatoms. The number of anilines is 1.